The molecule has 1 aromatic carbocycles. The van der Waals surface area contributed by atoms with E-state index in [9.17, 15) is 9.90 Å². The maximum Gasteiger partial charge on any atom is 0.239 e. The molecule has 2 rings (SSSR count). The maximum atomic E-state index is 11.3. The molecule has 13 heavy (non-hydrogen) atoms. The molecule has 1 aromatic heterocycles. The lowest BCUT2D eigenvalue weighted by atomic mass is 10.2. The average molecular weight is 192 g/mol. The standard InChI is InChI=1S/C10H8O2S/c1-6-9(11)7-4-2-3-5-8(7)13-10(6)12/h2-5,11H,1H3. The van der Waals surface area contributed by atoms with Crippen molar-refractivity contribution in [3.63, 3.8) is 0 Å². The molecule has 0 amide bonds. The van der Waals surface area contributed by atoms with Gasteiger partial charge in [-0.2, -0.15) is 0 Å². The van der Waals surface area contributed by atoms with E-state index < -0.39 is 0 Å². The SMILES string of the molecule is Cc1c(O)c2ccccc2sc1=O. The van der Waals surface area contributed by atoms with Crippen LogP contribution in [0, 0.1) is 6.92 Å². The van der Waals surface area contributed by atoms with E-state index in [0.717, 1.165) is 10.1 Å². The van der Waals surface area contributed by atoms with Crippen LogP contribution >= 0.6 is 11.3 Å². The summed E-state index contributed by atoms with van der Waals surface area (Å²) in [7, 11) is 0. The van der Waals surface area contributed by atoms with Crippen LogP contribution in [0.25, 0.3) is 10.1 Å². The van der Waals surface area contributed by atoms with Gasteiger partial charge in [-0.15, -0.1) is 0 Å². The lowest BCUT2D eigenvalue weighted by Gasteiger charge is -2.01. The Morgan fingerprint density at radius 2 is 2.00 bits per heavy atom. The van der Waals surface area contributed by atoms with Crippen LogP contribution in [-0.4, -0.2) is 5.11 Å². The molecule has 2 nitrogen and oxygen atoms in total. The van der Waals surface area contributed by atoms with Gasteiger partial charge in [-0.25, -0.2) is 0 Å². The zero-order valence-corrected chi connectivity index (χ0v) is 7.89. The molecule has 66 valence electrons. The van der Waals surface area contributed by atoms with Crippen LogP contribution in [0.15, 0.2) is 29.1 Å². The molecule has 0 atom stereocenters. The highest BCUT2D eigenvalue weighted by Gasteiger charge is 2.06. The molecule has 1 N–H and O–H groups in total. The van der Waals surface area contributed by atoms with Crippen molar-refractivity contribution in [2.45, 2.75) is 6.92 Å². The highest BCUT2D eigenvalue weighted by atomic mass is 32.1. The molecule has 0 radical (unpaired) electrons. The van der Waals surface area contributed by atoms with Crippen molar-refractivity contribution >= 4 is 21.4 Å². The first-order valence-corrected chi connectivity index (χ1v) is 4.73. The summed E-state index contributed by atoms with van der Waals surface area (Å²) in [5.41, 5.74) is 0.434. The van der Waals surface area contributed by atoms with Crippen molar-refractivity contribution in [3.8, 4) is 5.75 Å². The normalized spacial score (nSPS) is 10.5. The third-order valence-corrected chi connectivity index (χ3v) is 3.07. The Hall–Kier alpha value is -1.35. The van der Waals surface area contributed by atoms with Gasteiger partial charge in [-0.3, -0.25) is 4.79 Å². The van der Waals surface area contributed by atoms with Crippen molar-refractivity contribution in [3.05, 3.63) is 39.4 Å². The molecule has 0 aliphatic carbocycles. The van der Waals surface area contributed by atoms with E-state index in [1.807, 2.05) is 24.3 Å². The number of hydrogen-bond acceptors (Lipinski definition) is 3. The summed E-state index contributed by atoms with van der Waals surface area (Å²) in [6.07, 6.45) is 0. The summed E-state index contributed by atoms with van der Waals surface area (Å²) in [4.78, 5) is 11.3. The van der Waals surface area contributed by atoms with Gasteiger partial charge in [0, 0.05) is 15.6 Å². The minimum Gasteiger partial charge on any atom is -0.507 e. The lowest BCUT2D eigenvalue weighted by Crippen LogP contribution is -1.98. The topological polar surface area (TPSA) is 37.3 Å². The molecule has 0 aliphatic rings. The van der Waals surface area contributed by atoms with Crippen LogP contribution < -0.4 is 4.74 Å². The van der Waals surface area contributed by atoms with Crippen LogP contribution in [0.5, 0.6) is 5.75 Å². The summed E-state index contributed by atoms with van der Waals surface area (Å²) in [6, 6.07) is 7.35. The Bertz CT molecular complexity index is 514. The largest absolute Gasteiger partial charge is 0.507 e. The number of aromatic hydroxyl groups is 1. The molecule has 3 heteroatoms. The molecule has 0 saturated heterocycles. The maximum absolute atomic E-state index is 11.3. The van der Waals surface area contributed by atoms with E-state index in [2.05, 4.69) is 0 Å². The number of benzene rings is 1. The Balaban J connectivity index is 3.02. The first kappa shape index (κ1) is 8.26. The van der Waals surface area contributed by atoms with E-state index in [0.29, 0.717) is 5.56 Å². The molecular formula is C10H8O2S. The summed E-state index contributed by atoms with van der Waals surface area (Å²) < 4.78 is 0.756. The first-order valence-electron chi connectivity index (χ1n) is 3.91. The van der Waals surface area contributed by atoms with Crippen molar-refractivity contribution in [1.82, 2.24) is 0 Å². The van der Waals surface area contributed by atoms with Gasteiger partial charge in [0.15, 0.2) is 0 Å². The molecule has 0 unspecified atom stereocenters. The predicted molar refractivity (Wildman–Crippen MR) is 54.5 cm³/mol. The van der Waals surface area contributed by atoms with Crippen LogP contribution in [0.2, 0.25) is 0 Å². The fourth-order valence-electron chi connectivity index (χ4n) is 1.23. The second-order valence-corrected chi connectivity index (χ2v) is 3.87. The summed E-state index contributed by atoms with van der Waals surface area (Å²) in [5, 5.41) is 10.4. The average Bonchev–Trinajstić information content (AvgIpc) is 2.15. The molecule has 1 heterocycles. The third kappa shape index (κ3) is 1.21. The fraction of sp³-hybridized carbons (Fsp3) is 0.100. The lowest BCUT2D eigenvalue weighted by molar-refractivity contribution is 0.477. The quantitative estimate of drug-likeness (QED) is 0.695. The smallest absolute Gasteiger partial charge is 0.239 e. The summed E-state index contributed by atoms with van der Waals surface area (Å²) in [5.74, 6) is 0.111. The zero-order valence-electron chi connectivity index (χ0n) is 7.07. The molecule has 0 aliphatic heterocycles. The Kier molecular flexibility index (Phi) is 1.81. The predicted octanol–water partition coefficient (Wildman–Crippen LogP) is 2.28. The van der Waals surface area contributed by atoms with Gasteiger partial charge in [0.25, 0.3) is 0 Å². The van der Waals surface area contributed by atoms with Crippen LogP contribution in [0.1, 0.15) is 5.56 Å². The van der Waals surface area contributed by atoms with Crippen LogP contribution in [0.3, 0.4) is 0 Å². The molecule has 0 spiro atoms. The second-order valence-electron chi connectivity index (χ2n) is 2.86. The minimum absolute atomic E-state index is 0.0730. The van der Waals surface area contributed by atoms with Gasteiger partial charge in [-0.1, -0.05) is 23.5 Å². The van der Waals surface area contributed by atoms with E-state index >= 15 is 0 Å². The number of rotatable bonds is 0. The molecule has 2 aromatic rings. The van der Waals surface area contributed by atoms with Gasteiger partial charge >= 0.3 is 0 Å². The van der Waals surface area contributed by atoms with E-state index in [4.69, 9.17) is 0 Å². The monoisotopic (exact) mass is 192 g/mol. The Morgan fingerprint density at radius 1 is 1.31 bits per heavy atom. The summed E-state index contributed by atoms with van der Waals surface area (Å²) in [6.45, 7) is 1.64. The van der Waals surface area contributed by atoms with Crippen molar-refractivity contribution < 1.29 is 5.11 Å². The highest BCUT2D eigenvalue weighted by molar-refractivity contribution is 7.16. The van der Waals surface area contributed by atoms with Crippen molar-refractivity contribution in [2.24, 2.45) is 0 Å². The number of hydrogen-bond donors (Lipinski definition) is 1. The van der Waals surface area contributed by atoms with Gasteiger partial charge in [0.1, 0.15) is 5.75 Å². The van der Waals surface area contributed by atoms with Crippen LogP contribution in [-0.2, 0) is 0 Å². The van der Waals surface area contributed by atoms with Crippen molar-refractivity contribution in [1.29, 1.82) is 0 Å². The first-order chi connectivity index (χ1) is 6.20. The van der Waals surface area contributed by atoms with Gasteiger partial charge in [0.05, 0.1) is 0 Å². The van der Waals surface area contributed by atoms with Crippen LogP contribution in [0.4, 0.5) is 0 Å². The number of fused-ring (bicyclic) bond motifs is 1. The van der Waals surface area contributed by atoms with E-state index in [1.165, 1.54) is 11.3 Å². The zero-order chi connectivity index (χ0) is 9.42. The van der Waals surface area contributed by atoms with E-state index in [-0.39, 0.29) is 10.5 Å². The molecule has 0 fully saturated rings. The molecule has 0 saturated carbocycles. The minimum atomic E-state index is -0.0730. The molecular weight excluding hydrogens is 184 g/mol. The van der Waals surface area contributed by atoms with Gasteiger partial charge < -0.3 is 5.11 Å². The Labute approximate surface area is 79.1 Å². The highest BCUT2D eigenvalue weighted by Crippen LogP contribution is 2.27. The molecule has 0 bridgehead atoms. The van der Waals surface area contributed by atoms with Gasteiger partial charge in [0.2, 0.25) is 4.74 Å². The van der Waals surface area contributed by atoms with Gasteiger partial charge in [-0.05, 0) is 19.1 Å². The Morgan fingerprint density at radius 3 is 2.77 bits per heavy atom. The van der Waals surface area contributed by atoms with E-state index in [1.54, 1.807) is 6.92 Å². The fourth-order valence-corrected chi connectivity index (χ4v) is 2.10. The second kappa shape index (κ2) is 2.85. The van der Waals surface area contributed by atoms with Crippen molar-refractivity contribution in [2.75, 3.05) is 0 Å². The third-order valence-electron chi connectivity index (χ3n) is 2.01. The summed E-state index contributed by atoms with van der Waals surface area (Å²) >= 11 is 1.17.